The fourth-order valence-corrected chi connectivity index (χ4v) is 6.11. The number of benzene rings is 1. The standard InChI is InChI=1S/C23H26F2N4O2S2/c1-28(2)10-5-11-29-22(31)20-15-6-3-4-7-18(15)33-21(20)27-23(29)32-13-19(30)26-17-9-8-14(24)12-16(17)25/h8-9,12H,3-7,10-11,13H2,1-2H3,(H,26,30). The molecular formula is C23H26F2N4O2S2. The number of nitrogens with zero attached hydrogens (tertiary/aromatic N) is 3. The quantitative estimate of drug-likeness (QED) is 0.375. The molecule has 0 bridgehead atoms. The Hall–Kier alpha value is -2.30. The van der Waals surface area contributed by atoms with Gasteiger partial charge in [0.25, 0.3) is 5.56 Å². The van der Waals surface area contributed by atoms with Crippen LogP contribution in [0, 0.1) is 11.6 Å². The maximum Gasteiger partial charge on any atom is 0.263 e. The number of carbonyl (C=O) groups excluding carboxylic acids is 1. The minimum atomic E-state index is -0.836. The van der Waals surface area contributed by atoms with Crippen LogP contribution in [-0.4, -0.2) is 46.8 Å². The van der Waals surface area contributed by atoms with Gasteiger partial charge in [0, 0.05) is 17.5 Å². The lowest BCUT2D eigenvalue weighted by Gasteiger charge is -2.15. The molecule has 1 N–H and O–H groups in total. The fourth-order valence-electron chi connectivity index (χ4n) is 3.98. The van der Waals surface area contributed by atoms with Crippen molar-refractivity contribution >= 4 is 44.9 Å². The van der Waals surface area contributed by atoms with E-state index in [0.29, 0.717) is 11.7 Å². The Balaban J connectivity index is 1.59. The topological polar surface area (TPSA) is 67.2 Å². The second-order valence-corrected chi connectivity index (χ2v) is 10.4. The molecule has 1 aromatic carbocycles. The third kappa shape index (κ3) is 5.44. The SMILES string of the molecule is CN(C)CCCn1c(SCC(=O)Nc2ccc(F)cc2F)nc2sc3c(c2c1=O)CCCC3. The molecule has 2 heterocycles. The molecule has 33 heavy (non-hydrogen) atoms. The zero-order valence-corrected chi connectivity index (χ0v) is 20.3. The Labute approximate surface area is 199 Å². The van der Waals surface area contributed by atoms with Gasteiger partial charge < -0.3 is 10.2 Å². The van der Waals surface area contributed by atoms with Crippen molar-refractivity contribution in [1.82, 2.24) is 14.5 Å². The summed E-state index contributed by atoms with van der Waals surface area (Å²) in [7, 11) is 3.96. The minimum absolute atomic E-state index is 0.0481. The van der Waals surface area contributed by atoms with Gasteiger partial charge in [-0.1, -0.05) is 11.8 Å². The number of halogens is 2. The van der Waals surface area contributed by atoms with Gasteiger partial charge in [0.1, 0.15) is 16.5 Å². The van der Waals surface area contributed by atoms with Gasteiger partial charge in [0.15, 0.2) is 5.16 Å². The van der Waals surface area contributed by atoms with Crippen LogP contribution < -0.4 is 10.9 Å². The van der Waals surface area contributed by atoms with Crippen LogP contribution in [-0.2, 0) is 24.2 Å². The summed E-state index contributed by atoms with van der Waals surface area (Å²) in [6, 6.07) is 2.99. The molecule has 0 unspecified atom stereocenters. The molecule has 4 rings (SSSR count). The van der Waals surface area contributed by atoms with Crippen LogP contribution in [0.15, 0.2) is 28.2 Å². The van der Waals surface area contributed by atoms with Crippen LogP contribution in [0.2, 0.25) is 0 Å². The number of hydrogen-bond donors (Lipinski definition) is 1. The van der Waals surface area contributed by atoms with Crippen molar-refractivity contribution in [2.45, 2.75) is 43.8 Å². The number of thioether (sulfide) groups is 1. The maximum absolute atomic E-state index is 13.9. The number of anilines is 1. The zero-order chi connectivity index (χ0) is 23.5. The number of nitrogens with one attached hydrogen (secondary N) is 1. The largest absolute Gasteiger partial charge is 0.323 e. The van der Waals surface area contributed by atoms with Crippen molar-refractivity contribution in [1.29, 1.82) is 0 Å². The molecule has 0 saturated heterocycles. The summed E-state index contributed by atoms with van der Waals surface area (Å²) in [5.41, 5.74) is 1.01. The molecule has 0 atom stereocenters. The summed E-state index contributed by atoms with van der Waals surface area (Å²) in [5.74, 6) is -2.05. The van der Waals surface area contributed by atoms with E-state index in [1.165, 1.54) is 10.9 Å². The highest BCUT2D eigenvalue weighted by molar-refractivity contribution is 7.99. The molecule has 2 aromatic heterocycles. The molecule has 1 aliphatic carbocycles. The molecule has 0 aliphatic heterocycles. The van der Waals surface area contributed by atoms with Gasteiger partial charge in [-0.25, -0.2) is 13.8 Å². The summed E-state index contributed by atoms with van der Waals surface area (Å²) < 4.78 is 28.6. The van der Waals surface area contributed by atoms with E-state index in [1.54, 1.807) is 15.9 Å². The molecule has 0 fully saturated rings. The first-order valence-corrected chi connectivity index (χ1v) is 12.7. The van der Waals surface area contributed by atoms with Gasteiger partial charge in [-0.15, -0.1) is 11.3 Å². The highest BCUT2D eigenvalue weighted by Gasteiger charge is 2.22. The molecule has 1 aliphatic rings. The van der Waals surface area contributed by atoms with Crippen molar-refractivity contribution in [3.8, 4) is 0 Å². The van der Waals surface area contributed by atoms with Crippen molar-refractivity contribution in [3.05, 3.63) is 50.6 Å². The van der Waals surface area contributed by atoms with Gasteiger partial charge in [0.2, 0.25) is 5.91 Å². The van der Waals surface area contributed by atoms with Crippen molar-refractivity contribution in [3.63, 3.8) is 0 Å². The number of carbonyl (C=O) groups is 1. The zero-order valence-electron chi connectivity index (χ0n) is 18.6. The molecule has 3 aromatic rings. The predicted molar refractivity (Wildman–Crippen MR) is 129 cm³/mol. The summed E-state index contributed by atoms with van der Waals surface area (Å²) in [6.45, 7) is 1.32. The molecular weight excluding hydrogens is 466 g/mol. The van der Waals surface area contributed by atoms with Crippen molar-refractivity contribution < 1.29 is 13.6 Å². The van der Waals surface area contributed by atoms with Crippen LogP contribution in [0.1, 0.15) is 29.7 Å². The average molecular weight is 493 g/mol. The Morgan fingerprint density at radius 1 is 1.27 bits per heavy atom. The number of thiophene rings is 1. The van der Waals surface area contributed by atoms with Crippen molar-refractivity contribution in [2.75, 3.05) is 31.7 Å². The number of fused-ring (bicyclic) bond motifs is 3. The molecule has 176 valence electrons. The molecule has 0 spiro atoms. The Morgan fingerprint density at radius 3 is 2.82 bits per heavy atom. The number of hydrogen-bond acceptors (Lipinski definition) is 6. The number of aromatic nitrogens is 2. The van der Waals surface area contributed by atoms with E-state index in [2.05, 4.69) is 10.2 Å². The lowest BCUT2D eigenvalue weighted by Crippen LogP contribution is -2.26. The van der Waals surface area contributed by atoms with Gasteiger partial charge in [-0.2, -0.15) is 0 Å². The maximum atomic E-state index is 13.9. The van der Waals surface area contributed by atoms with Gasteiger partial charge in [-0.05, 0) is 70.4 Å². The van der Waals surface area contributed by atoms with E-state index < -0.39 is 17.5 Å². The second kappa shape index (κ2) is 10.3. The first-order valence-electron chi connectivity index (χ1n) is 10.9. The third-order valence-corrected chi connectivity index (χ3v) is 7.73. The van der Waals surface area contributed by atoms with Crippen LogP contribution in [0.4, 0.5) is 14.5 Å². The van der Waals surface area contributed by atoms with E-state index in [1.807, 2.05) is 14.1 Å². The minimum Gasteiger partial charge on any atom is -0.323 e. The molecule has 10 heteroatoms. The summed E-state index contributed by atoms with van der Waals surface area (Å²) in [6.07, 6.45) is 4.85. The van der Waals surface area contributed by atoms with Gasteiger partial charge in [0.05, 0.1) is 16.8 Å². The number of amides is 1. The Bertz CT molecular complexity index is 1240. The van der Waals surface area contributed by atoms with Crippen molar-refractivity contribution in [2.24, 2.45) is 0 Å². The monoisotopic (exact) mass is 492 g/mol. The molecule has 0 saturated carbocycles. The van der Waals surface area contributed by atoms with E-state index in [0.717, 1.165) is 78.3 Å². The second-order valence-electron chi connectivity index (χ2n) is 8.36. The summed E-state index contributed by atoms with van der Waals surface area (Å²) in [5, 5.41) is 3.67. The number of aryl methyl sites for hydroxylation is 2. The van der Waals surface area contributed by atoms with E-state index in [9.17, 15) is 18.4 Å². The van der Waals surface area contributed by atoms with E-state index >= 15 is 0 Å². The third-order valence-electron chi connectivity index (χ3n) is 5.56. The van der Waals surface area contributed by atoms with Crippen LogP contribution in [0.3, 0.4) is 0 Å². The van der Waals surface area contributed by atoms with Gasteiger partial charge >= 0.3 is 0 Å². The van der Waals surface area contributed by atoms with Crippen LogP contribution in [0.25, 0.3) is 10.2 Å². The average Bonchev–Trinajstić information content (AvgIpc) is 3.14. The first kappa shape index (κ1) is 23.8. The highest BCUT2D eigenvalue weighted by Crippen LogP contribution is 2.34. The van der Waals surface area contributed by atoms with E-state index in [4.69, 9.17) is 4.98 Å². The summed E-state index contributed by atoms with van der Waals surface area (Å²) in [4.78, 5) is 34.7. The fraction of sp³-hybridized carbons (Fsp3) is 0.435. The Kier molecular flexibility index (Phi) is 7.45. The molecule has 0 radical (unpaired) electrons. The Morgan fingerprint density at radius 2 is 2.06 bits per heavy atom. The first-order chi connectivity index (χ1) is 15.8. The summed E-state index contributed by atoms with van der Waals surface area (Å²) >= 11 is 2.73. The highest BCUT2D eigenvalue weighted by atomic mass is 32.2. The van der Waals surface area contributed by atoms with Gasteiger partial charge in [-0.3, -0.25) is 14.2 Å². The molecule has 6 nitrogen and oxygen atoms in total. The van der Waals surface area contributed by atoms with Crippen LogP contribution >= 0.6 is 23.1 Å². The molecule has 1 amide bonds. The van der Waals surface area contributed by atoms with E-state index in [-0.39, 0.29) is 17.0 Å². The van der Waals surface area contributed by atoms with Crippen LogP contribution in [0.5, 0.6) is 0 Å². The lowest BCUT2D eigenvalue weighted by molar-refractivity contribution is -0.113. The normalized spacial score (nSPS) is 13.5. The number of rotatable bonds is 8. The smallest absolute Gasteiger partial charge is 0.263 e. The predicted octanol–water partition coefficient (Wildman–Crippen LogP) is 4.30. The lowest BCUT2D eigenvalue weighted by atomic mass is 9.97.